The molecule has 0 aliphatic rings. The smallest absolute Gasteiger partial charge is 0.153 e. The molecule has 0 amide bonds. The highest BCUT2D eigenvalue weighted by molar-refractivity contribution is 6.33. The van der Waals surface area contributed by atoms with Crippen LogP contribution >= 0.6 is 11.6 Å². The lowest BCUT2D eigenvalue weighted by atomic mass is 10.0. The monoisotopic (exact) mass is 334 g/mol. The molecule has 2 N–H and O–H groups in total. The Balaban J connectivity index is 2.22. The lowest BCUT2D eigenvalue weighted by Crippen LogP contribution is -2.28. The molecule has 0 radical (unpaired) electrons. The topological polar surface area (TPSA) is 58.3 Å². The number of aryl methyl sites for hydroxylation is 1. The highest BCUT2D eigenvalue weighted by Gasteiger charge is 2.25. The number of aliphatic hydroxyl groups is 2. The number of hydrogen-bond donors (Lipinski definition) is 2. The van der Waals surface area contributed by atoms with Crippen molar-refractivity contribution >= 4 is 22.5 Å². The number of pyridine rings is 1. The maximum Gasteiger partial charge on any atom is 0.153 e. The number of hydrogen-bond acceptors (Lipinski definition) is 3. The third kappa shape index (κ3) is 2.95. The van der Waals surface area contributed by atoms with Crippen LogP contribution in [0.25, 0.3) is 10.9 Å². The molecule has 4 nitrogen and oxygen atoms in total. The summed E-state index contributed by atoms with van der Waals surface area (Å²) in [4.78, 5) is 4.24. The Bertz CT molecular complexity index is 850. The van der Waals surface area contributed by atoms with Crippen molar-refractivity contribution < 1.29 is 14.6 Å². The minimum atomic E-state index is -1.11. The molecule has 0 saturated heterocycles. The van der Waals surface area contributed by atoms with Gasteiger partial charge in [-0.15, -0.1) is 0 Å². The number of aliphatic hydroxyl groups excluding tert-OH is 2. The predicted molar refractivity (Wildman–Crippen MR) is 87.1 cm³/mol. The average Bonchev–Trinajstić information content (AvgIpc) is 2.91. The van der Waals surface area contributed by atoms with Crippen molar-refractivity contribution in [3.63, 3.8) is 0 Å². The summed E-state index contributed by atoms with van der Waals surface area (Å²) in [5.41, 5.74) is 1.96. The first-order valence-corrected chi connectivity index (χ1v) is 7.57. The van der Waals surface area contributed by atoms with Crippen LogP contribution in [-0.4, -0.2) is 32.5 Å². The summed E-state index contributed by atoms with van der Waals surface area (Å²) < 4.78 is 15.3. The molecule has 0 unspecified atom stereocenters. The van der Waals surface area contributed by atoms with Gasteiger partial charge in [-0.05, 0) is 36.8 Å². The third-order valence-corrected chi connectivity index (χ3v) is 4.09. The van der Waals surface area contributed by atoms with E-state index in [1.165, 1.54) is 12.1 Å². The molecule has 2 aromatic heterocycles. The molecule has 6 heteroatoms. The number of rotatable bonds is 4. The van der Waals surface area contributed by atoms with E-state index < -0.39 is 24.6 Å². The molecule has 0 aliphatic heterocycles. The first-order chi connectivity index (χ1) is 11.0. The van der Waals surface area contributed by atoms with E-state index in [1.54, 1.807) is 22.9 Å². The highest BCUT2D eigenvalue weighted by atomic mass is 35.5. The minimum Gasteiger partial charge on any atom is -0.394 e. The Labute approximate surface area is 137 Å². The third-order valence-electron chi connectivity index (χ3n) is 3.82. The van der Waals surface area contributed by atoms with Crippen molar-refractivity contribution in [2.24, 2.45) is 0 Å². The maximum absolute atomic E-state index is 13.6. The van der Waals surface area contributed by atoms with E-state index in [4.69, 9.17) is 11.6 Å². The zero-order valence-electron chi connectivity index (χ0n) is 12.4. The van der Waals surface area contributed by atoms with Crippen molar-refractivity contribution in [1.29, 1.82) is 0 Å². The molecule has 120 valence electrons. The van der Waals surface area contributed by atoms with Crippen LogP contribution in [0.5, 0.6) is 0 Å². The largest absolute Gasteiger partial charge is 0.394 e. The summed E-state index contributed by atoms with van der Waals surface area (Å²) in [6.07, 6.45) is 0.649. The van der Waals surface area contributed by atoms with E-state index in [0.717, 1.165) is 11.1 Å². The van der Waals surface area contributed by atoms with Gasteiger partial charge in [-0.25, -0.2) is 9.37 Å². The summed E-state index contributed by atoms with van der Waals surface area (Å²) in [5, 5.41) is 20.9. The quantitative estimate of drug-likeness (QED) is 0.721. The summed E-state index contributed by atoms with van der Waals surface area (Å²) in [5.74, 6) is -0.408. The van der Waals surface area contributed by atoms with Crippen LogP contribution < -0.4 is 0 Å². The summed E-state index contributed by atoms with van der Waals surface area (Å²) >= 11 is 6.27. The Kier molecular flexibility index (Phi) is 4.35. The average molecular weight is 335 g/mol. The van der Waals surface area contributed by atoms with E-state index in [0.29, 0.717) is 16.2 Å². The Morgan fingerprint density at radius 2 is 2.09 bits per heavy atom. The number of nitrogens with zero attached hydrogens (tertiary/aromatic N) is 2. The fourth-order valence-corrected chi connectivity index (χ4v) is 3.20. The highest BCUT2D eigenvalue weighted by Crippen LogP contribution is 2.31. The first kappa shape index (κ1) is 15.9. The van der Waals surface area contributed by atoms with E-state index in [2.05, 4.69) is 4.98 Å². The second kappa shape index (κ2) is 6.28. The minimum absolute atomic E-state index is 0.302. The second-order valence-electron chi connectivity index (χ2n) is 5.47. The van der Waals surface area contributed by atoms with E-state index in [-0.39, 0.29) is 0 Å². The fourth-order valence-electron chi connectivity index (χ4n) is 2.86. The molecule has 0 saturated carbocycles. The van der Waals surface area contributed by atoms with E-state index in [9.17, 15) is 14.6 Å². The molecule has 2 atom stereocenters. The van der Waals surface area contributed by atoms with Crippen molar-refractivity contribution in [2.45, 2.75) is 19.1 Å². The van der Waals surface area contributed by atoms with Crippen LogP contribution in [0.4, 0.5) is 4.39 Å². The molecule has 0 spiro atoms. The number of fused-ring (bicyclic) bond motifs is 1. The molecule has 1 aromatic carbocycles. The van der Waals surface area contributed by atoms with Crippen LogP contribution in [0, 0.1) is 12.7 Å². The van der Waals surface area contributed by atoms with Crippen LogP contribution in [-0.2, 0) is 0 Å². The van der Waals surface area contributed by atoms with Gasteiger partial charge in [0.15, 0.2) is 5.15 Å². The summed E-state index contributed by atoms with van der Waals surface area (Å²) in [7, 11) is 0. The molecule has 2 heterocycles. The van der Waals surface area contributed by atoms with Gasteiger partial charge in [0, 0.05) is 17.3 Å². The lowest BCUT2D eigenvalue weighted by Gasteiger charge is -2.25. The van der Waals surface area contributed by atoms with Gasteiger partial charge >= 0.3 is 0 Å². The van der Waals surface area contributed by atoms with Crippen LogP contribution in [0.2, 0.25) is 5.15 Å². The predicted octanol–water partition coefficient (Wildman–Crippen LogP) is 3.08. The SMILES string of the molecule is Cc1cc2ccn([C@@H](c3cccc(F)c3)[C@H](O)CO)c2c(Cl)n1. The molecule has 3 rings (SSSR count). The van der Waals surface area contributed by atoms with Gasteiger partial charge in [0.1, 0.15) is 11.9 Å². The number of halogens is 2. The molecular formula is C17H16ClFN2O2. The van der Waals surface area contributed by atoms with Gasteiger partial charge in [-0.1, -0.05) is 23.7 Å². The fraction of sp³-hybridized carbons (Fsp3) is 0.235. The van der Waals surface area contributed by atoms with Crippen LogP contribution in [0.3, 0.4) is 0 Å². The Morgan fingerprint density at radius 1 is 1.30 bits per heavy atom. The van der Waals surface area contributed by atoms with Crippen molar-refractivity contribution in [2.75, 3.05) is 6.61 Å². The van der Waals surface area contributed by atoms with Gasteiger partial charge < -0.3 is 14.8 Å². The number of benzene rings is 1. The molecule has 0 bridgehead atoms. The Morgan fingerprint density at radius 3 is 2.78 bits per heavy atom. The summed E-state index contributed by atoms with van der Waals surface area (Å²) in [6.45, 7) is 1.38. The first-order valence-electron chi connectivity index (χ1n) is 7.19. The second-order valence-corrected chi connectivity index (χ2v) is 5.82. The van der Waals surface area contributed by atoms with Crippen LogP contribution in [0.15, 0.2) is 42.6 Å². The lowest BCUT2D eigenvalue weighted by molar-refractivity contribution is 0.0653. The molecular weight excluding hydrogens is 319 g/mol. The van der Waals surface area contributed by atoms with Crippen LogP contribution in [0.1, 0.15) is 17.3 Å². The van der Waals surface area contributed by atoms with E-state index >= 15 is 0 Å². The zero-order valence-corrected chi connectivity index (χ0v) is 13.2. The molecule has 0 fully saturated rings. The molecule has 0 aliphatic carbocycles. The molecule has 23 heavy (non-hydrogen) atoms. The van der Waals surface area contributed by atoms with Gasteiger partial charge in [0.2, 0.25) is 0 Å². The maximum atomic E-state index is 13.6. The zero-order chi connectivity index (χ0) is 16.6. The van der Waals surface area contributed by atoms with Gasteiger partial charge in [0.05, 0.1) is 18.2 Å². The normalized spacial score (nSPS) is 14.1. The Hall–Kier alpha value is -1.95. The molecule has 3 aromatic rings. The van der Waals surface area contributed by atoms with Gasteiger partial charge in [-0.2, -0.15) is 0 Å². The number of aromatic nitrogens is 2. The standard InChI is InChI=1S/C17H16ClFN2O2/c1-10-7-12-5-6-21(16(12)17(18)20-10)15(14(23)9-22)11-3-2-4-13(19)8-11/h2-8,14-15,22-23H,9H2,1H3/t14-,15+/m1/s1. The van der Waals surface area contributed by atoms with Gasteiger partial charge in [0.25, 0.3) is 0 Å². The van der Waals surface area contributed by atoms with Crippen molar-refractivity contribution in [3.8, 4) is 0 Å². The summed E-state index contributed by atoms with van der Waals surface area (Å²) in [6, 6.07) is 9.00. The van der Waals surface area contributed by atoms with E-state index in [1.807, 2.05) is 19.1 Å². The van der Waals surface area contributed by atoms with Crippen molar-refractivity contribution in [1.82, 2.24) is 9.55 Å². The van der Waals surface area contributed by atoms with Crippen molar-refractivity contribution in [3.05, 3.63) is 64.8 Å². The van der Waals surface area contributed by atoms with Gasteiger partial charge in [-0.3, -0.25) is 0 Å².